The minimum atomic E-state index is 0.424. The summed E-state index contributed by atoms with van der Waals surface area (Å²) in [6, 6.07) is 0. The van der Waals surface area contributed by atoms with Gasteiger partial charge in [-0.1, -0.05) is 0 Å². The Morgan fingerprint density at radius 3 is 3.44 bits per heavy atom. The second kappa shape index (κ2) is 2.68. The Morgan fingerprint density at radius 1 is 1.89 bits per heavy atom. The fourth-order valence-corrected chi connectivity index (χ4v) is 0.532. The van der Waals surface area contributed by atoms with Crippen molar-refractivity contribution in [3.8, 4) is 0 Å². The molecule has 4 nitrogen and oxygen atoms in total. The molecule has 0 atom stereocenters. The number of amidine groups is 1. The van der Waals surface area contributed by atoms with Crippen LogP contribution in [0.4, 0.5) is 0 Å². The monoisotopic (exact) mass is 146 g/mol. The average molecular weight is 147 g/mol. The number of hydrazone groups is 1. The number of hydrogen-bond donors (Lipinski definition) is 1. The Balaban J connectivity index is 2.62. The van der Waals surface area contributed by atoms with Gasteiger partial charge in [0.1, 0.15) is 13.0 Å². The van der Waals surface area contributed by atoms with Crippen LogP contribution in [0.15, 0.2) is 10.1 Å². The lowest BCUT2D eigenvalue weighted by molar-refractivity contribution is 0.535. The zero-order chi connectivity index (χ0) is 6.69. The molecule has 0 aliphatic carbocycles. The first kappa shape index (κ1) is 6.35. The Hall–Kier alpha value is -0.770. The molecule has 1 rings (SSSR count). The molecule has 0 fully saturated rings. The van der Waals surface area contributed by atoms with E-state index in [1.54, 1.807) is 4.90 Å². The summed E-state index contributed by atoms with van der Waals surface area (Å²) in [7, 11) is 1.82. The number of hydrogen-bond acceptors (Lipinski definition) is 4. The van der Waals surface area contributed by atoms with E-state index in [0.29, 0.717) is 12.0 Å². The van der Waals surface area contributed by atoms with Gasteiger partial charge in [0, 0.05) is 7.05 Å². The first-order valence-electron chi connectivity index (χ1n) is 2.49. The Kier molecular flexibility index (Phi) is 1.89. The highest BCUT2D eigenvalue weighted by Gasteiger charge is 2.01. The molecule has 5 heteroatoms. The number of rotatable bonds is 0. The van der Waals surface area contributed by atoms with Gasteiger partial charge >= 0.3 is 0 Å². The van der Waals surface area contributed by atoms with Crippen LogP contribution in [-0.2, 0) is 0 Å². The molecule has 1 heterocycles. The summed E-state index contributed by atoms with van der Waals surface area (Å²) in [6.07, 6.45) is 1.51. The van der Waals surface area contributed by atoms with Crippen molar-refractivity contribution in [2.24, 2.45) is 10.1 Å². The molecule has 0 radical (unpaired) electrons. The highest BCUT2D eigenvalue weighted by molar-refractivity contribution is 6.64. The lowest BCUT2D eigenvalue weighted by Gasteiger charge is -2.09. The summed E-state index contributed by atoms with van der Waals surface area (Å²) in [5, 5.41) is 4.14. The molecule has 9 heavy (non-hydrogen) atoms. The summed E-state index contributed by atoms with van der Waals surface area (Å²) in [5.74, 6) is 0. The van der Waals surface area contributed by atoms with Crippen LogP contribution in [0.25, 0.3) is 0 Å². The molecule has 0 spiro atoms. The summed E-state index contributed by atoms with van der Waals surface area (Å²) in [5.41, 5.74) is 2.55. The third kappa shape index (κ3) is 1.57. The Bertz CT molecular complexity index is 153. The third-order valence-electron chi connectivity index (χ3n) is 0.915. The molecule has 0 aromatic carbocycles. The van der Waals surface area contributed by atoms with E-state index in [0.717, 1.165) is 0 Å². The molecule has 0 aromatic heterocycles. The van der Waals surface area contributed by atoms with Crippen molar-refractivity contribution in [1.82, 2.24) is 10.3 Å². The van der Waals surface area contributed by atoms with Crippen molar-refractivity contribution in [2.75, 3.05) is 13.7 Å². The van der Waals surface area contributed by atoms with Crippen LogP contribution in [-0.4, -0.2) is 30.2 Å². The van der Waals surface area contributed by atoms with E-state index in [-0.39, 0.29) is 0 Å². The summed E-state index contributed by atoms with van der Waals surface area (Å²) in [4.78, 5) is 5.61. The van der Waals surface area contributed by atoms with Crippen LogP contribution in [0.5, 0.6) is 0 Å². The van der Waals surface area contributed by atoms with Crippen LogP contribution in [0.2, 0.25) is 0 Å². The molecule has 0 saturated heterocycles. The highest BCUT2D eigenvalue weighted by Crippen LogP contribution is 1.93. The minimum Gasteiger partial charge on any atom is -0.329 e. The minimum absolute atomic E-state index is 0.424. The van der Waals surface area contributed by atoms with Gasteiger partial charge in [0.05, 0.1) is 0 Å². The van der Waals surface area contributed by atoms with Gasteiger partial charge in [-0.2, -0.15) is 0 Å². The lowest BCUT2D eigenvalue weighted by Crippen LogP contribution is -2.21. The predicted molar refractivity (Wildman–Crippen MR) is 37.5 cm³/mol. The van der Waals surface area contributed by atoms with Crippen molar-refractivity contribution in [3.63, 3.8) is 0 Å². The quantitative estimate of drug-likeness (QED) is 0.490. The van der Waals surface area contributed by atoms with Crippen molar-refractivity contribution in [3.05, 3.63) is 0 Å². The van der Waals surface area contributed by atoms with Crippen LogP contribution < -0.4 is 5.43 Å². The fourth-order valence-electron chi connectivity index (χ4n) is 0.430. The van der Waals surface area contributed by atoms with Gasteiger partial charge < -0.3 is 4.90 Å². The van der Waals surface area contributed by atoms with Gasteiger partial charge in [-0.15, -0.1) is 5.10 Å². The standard InChI is InChI=1S/C4H7ClN4/c1-9-3-6-2-7-8-4(9)5/h2H,3H2,1H3,(H,6,7). The first-order valence-corrected chi connectivity index (χ1v) is 2.86. The first-order chi connectivity index (χ1) is 4.30. The molecule has 0 amide bonds. The molecule has 1 aliphatic heterocycles. The van der Waals surface area contributed by atoms with Gasteiger partial charge in [-0.25, -0.2) is 0 Å². The Morgan fingerprint density at radius 2 is 2.67 bits per heavy atom. The molecule has 1 N–H and O–H groups in total. The Labute approximate surface area is 58.2 Å². The van der Waals surface area contributed by atoms with Gasteiger partial charge in [0.15, 0.2) is 0 Å². The molecule has 0 bridgehead atoms. The van der Waals surface area contributed by atoms with Gasteiger partial charge in [-0.05, 0) is 11.6 Å². The predicted octanol–water partition coefficient (Wildman–Crippen LogP) is 0.0170. The van der Waals surface area contributed by atoms with E-state index in [1.807, 2.05) is 7.05 Å². The van der Waals surface area contributed by atoms with Crippen molar-refractivity contribution < 1.29 is 0 Å². The van der Waals surface area contributed by atoms with E-state index in [1.165, 1.54) is 6.34 Å². The van der Waals surface area contributed by atoms with E-state index in [4.69, 9.17) is 11.6 Å². The van der Waals surface area contributed by atoms with Crippen molar-refractivity contribution >= 4 is 23.2 Å². The maximum Gasteiger partial charge on any atom is 0.218 e. The molecular weight excluding hydrogens is 140 g/mol. The van der Waals surface area contributed by atoms with Crippen LogP contribution in [0.3, 0.4) is 0 Å². The van der Waals surface area contributed by atoms with Crippen molar-refractivity contribution in [2.45, 2.75) is 0 Å². The lowest BCUT2D eigenvalue weighted by atomic mass is 10.9. The van der Waals surface area contributed by atoms with E-state index in [2.05, 4.69) is 15.5 Å². The van der Waals surface area contributed by atoms with Crippen LogP contribution in [0.1, 0.15) is 0 Å². The normalized spacial score (nSPS) is 18.4. The SMILES string of the molecule is CN1CN=CNN=C1Cl. The van der Waals surface area contributed by atoms with Gasteiger partial charge in [0.25, 0.3) is 0 Å². The van der Waals surface area contributed by atoms with Crippen molar-refractivity contribution in [1.29, 1.82) is 0 Å². The summed E-state index contributed by atoms with van der Waals surface area (Å²) in [6.45, 7) is 0.551. The zero-order valence-corrected chi connectivity index (χ0v) is 5.76. The zero-order valence-electron chi connectivity index (χ0n) is 5.00. The van der Waals surface area contributed by atoms with Crippen LogP contribution in [0, 0.1) is 0 Å². The smallest absolute Gasteiger partial charge is 0.218 e. The molecule has 0 unspecified atom stereocenters. The van der Waals surface area contributed by atoms with Gasteiger partial charge in [-0.3, -0.25) is 10.4 Å². The second-order valence-corrected chi connectivity index (χ2v) is 2.00. The number of nitrogens with zero attached hydrogens (tertiary/aromatic N) is 3. The highest BCUT2D eigenvalue weighted by atomic mass is 35.5. The molecule has 0 saturated carbocycles. The van der Waals surface area contributed by atoms with E-state index >= 15 is 0 Å². The molecule has 0 aromatic rings. The topological polar surface area (TPSA) is 40.0 Å². The van der Waals surface area contributed by atoms with Crippen LogP contribution >= 0.6 is 11.6 Å². The molecular formula is C4H7ClN4. The number of nitrogens with one attached hydrogen (secondary N) is 1. The maximum atomic E-state index is 5.60. The summed E-state index contributed by atoms with van der Waals surface area (Å²) >= 11 is 5.60. The number of aliphatic imine (C=N–C) groups is 1. The van der Waals surface area contributed by atoms with E-state index < -0.39 is 0 Å². The average Bonchev–Trinajstić information content (AvgIpc) is 1.99. The number of halogens is 1. The summed E-state index contributed by atoms with van der Waals surface area (Å²) < 4.78 is 0. The van der Waals surface area contributed by atoms with Gasteiger partial charge in [0.2, 0.25) is 5.29 Å². The largest absolute Gasteiger partial charge is 0.329 e. The fraction of sp³-hybridized carbons (Fsp3) is 0.500. The maximum absolute atomic E-state index is 5.60. The molecule has 1 aliphatic rings. The molecule has 50 valence electrons. The third-order valence-corrected chi connectivity index (χ3v) is 1.29. The second-order valence-electron chi connectivity index (χ2n) is 1.66. The van der Waals surface area contributed by atoms with E-state index in [9.17, 15) is 0 Å².